The fourth-order valence-corrected chi connectivity index (χ4v) is 2.27. The third kappa shape index (κ3) is 2.83. The van der Waals surface area contributed by atoms with E-state index in [0.29, 0.717) is 10.9 Å². The minimum atomic E-state index is -0.809. The molecule has 0 atom stereocenters. The van der Waals surface area contributed by atoms with Gasteiger partial charge in [0.25, 0.3) is 5.56 Å². The van der Waals surface area contributed by atoms with Crippen molar-refractivity contribution in [1.82, 2.24) is 15.2 Å². The molecule has 0 aliphatic heterocycles. The van der Waals surface area contributed by atoms with Gasteiger partial charge in [0.1, 0.15) is 5.69 Å². The number of nitrogen functional groups attached to an aromatic ring is 1. The monoisotopic (exact) mass is 376 g/mol. The SMILES string of the molecule is Nc1cc(C(=O)N=Nc2c(O)[nH]c3ccc(Br)cc23)n[nH]c1=O. The first-order valence-electron chi connectivity index (χ1n) is 6.27. The molecule has 9 nitrogen and oxygen atoms in total. The first kappa shape index (κ1) is 14.9. The van der Waals surface area contributed by atoms with Crippen LogP contribution in [0.25, 0.3) is 10.9 Å². The van der Waals surface area contributed by atoms with E-state index in [-0.39, 0.29) is 22.9 Å². The fraction of sp³-hybridized carbons (Fsp3) is 0. The molecule has 1 amide bonds. The Balaban J connectivity index is 1.97. The molecule has 3 aromatic rings. The van der Waals surface area contributed by atoms with Gasteiger partial charge in [-0.05, 0) is 18.2 Å². The van der Waals surface area contributed by atoms with Crippen LogP contribution in [0.3, 0.4) is 0 Å². The first-order valence-corrected chi connectivity index (χ1v) is 7.06. The van der Waals surface area contributed by atoms with E-state index in [2.05, 4.69) is 41.3 Å². The van der Waals surface area contributed by atoms with Crippen LogP contribution in [0.1, 0.15) is 10.5 Å². The number of hydrogen-bond acceptors (Lipinski definition) is 6. The molecule has 1 aromatic carbocycles. The van der Waals surface area contributed by atoms with Gasteiger partial charge in [-0.2, -0.15) is 5.10 Å². The number of aromatic nitrogens is 3. The van der Waals surface area contributed by atoms with Crippen molar-refractivity contribution in [3.8, 4) is 5.88 Å². The van der Waals surface area contributed by atoms with Gasteiger partial charge in [0.15, 0.2) is 11.4 Å². The molecule has 0 fully saturated rings. The van der Waals surface area contributed by atoms with E-state index in [4.69, 9.17) is 5.73 Å². The van der Waals surface area contributed by atoms with Crippen molar-refractivity contribution in [2.45, 2.75) is 0 Å². The number of nitrogens with one attached hydrogen (secondary N) is 2. The average molecular weight is 377 g/mol. The molecule has 0 aliphatic carbocycles. The van der Waals surface area contributed by atoms with Crippen LogP contribution < -0.4 is 11.3 Å². The fourth-order valence-electron chi connectivity index (χ4n) is 1.91. The Labute approximate surface area is 136 Å². The van der Waals surface area contributed by atoms with Crippen molar-refractivity contribution in [3.05, 3.63) is 44.8 Å². The van der Waals surface area contributed by atoms with Crippen molar-refractivity contribution in [2.75, 3.05) is 5.73 Å². The molecule has 0 spiro atoms. The van der Waals surface area contributed by atoms with Crippen LogP contribution in [0.4, 0.5) is 11.4 Å². The van der Waals surface area contributed by atoms with Gasteiger partial charge in [0.2, 0.25) is 5.88 Å². The predicted molar refractivity (Wildman–Crippen MR) is 85.8 cm³/mol. The third-order valence-electron chi connectivity index (χ3n) is 3.01. The summed E-state index contributed by atoms with van der Waals surface area (Å²) >= 11 is 3.31. The number of amides is 1. The Bertz CT molecular complexity index is 1010. The van der Waals surface area contributed by atoms with E-state index in [0.717, 1.165) is 10.5 Å². The van der Waals surface area contributed by atoms with Crippen molar-refractivity contribution in [1.29, 1.82) is 0 Å². The lowest BCUT2D eigenvalue weighted by Crippen LogP contribution is -2.16. The Hall–Kier alpha value is -3.01. The number of anilines is 1. The zero-order valence-electron chi connectivity index (χ0n) is 11.4. The number of halogens is 1. The Morgan fingerprint density at radius 3 is 2.87 bits per heavy atom. The van der Waals surface area contributed by atoms with E-state index in [1.807, 2.05) is 0 Å². The zero-order valence-corrected chi connectivity index (χ0v) is 13.0. The molecule has 0 saturated carbocycles. The standard InChI is InChI=1S/C13H9BrN6O3/c14-5-1-2-8-6(3-5)10(13(23)16-8)18-20-12(22)9-4-7(15)11(21)19-17-9/h1-4,16,23H,(H2,15,17)(H,19,21). The number of carbonyl (C=O) groups is 1. The lowest BCUT2D eigenvalue weighted by Gasteiger charge is -1.95. The molecule has 23 heavy (non-hydrogen) atoms. The molecule has 0 aliphatic rings. The Kier molecular flexibility index (Phi) is 3.66. The van der Waals surface area contributed by atoms with Gasteiger partial charge in [-0.15, -0.1) is 10.2 Å². The van der Waals surface area contributed by atoms with Gasteiger partial charge in [-0.25, -0.2) is 5.10 Å². The van der Waals surface area contributed by atoms with E-state index >= 15 is 0 Å². The molecular formula is C13H9BrN6O3. The molecule has 0 saturated heterocycles. The highest BCUT2D eigenvalue weighted by Gasteiger charge is 2.13. The maximum atomic E-state index is 11.9. The highest BCUT2D eigenvalue weighted by molar-refractivity contribution is 9.10. The smallest absolute Gasteiger partial charge is 0.315 e. The van der Waals surface area contributed by atoms with Gasteiger partial charge in [0.05, 0.1) is 5.52 Å². The van der Waals surface area contributed by atoms with E-state index in [1.165, 1.54) is 0 Å². The maximum Gasteiger partial charge on any atom is 0.315 e. The molecule has 10 heteroatoms. The van der Waals surface area contributed by atoms with Crippen LogP contribution in [0.2, 0.25) is 0 Å². The number of aromatic amines is 2. The number of fused-ring (bicyclic) bond motifs is 1. The topological polar surface area (TPSA) is 150 Å². The number of nitrogens with zero attached hydrogens (tertiary/aromatic N) is 3. The van der Waals surface area contributed by atoms with Gasteiger partial charge in [-0.1, -0.05) is 15.9 Å². The first-order chi connectivity index (χ1) is 11.0. The zero-order chi connectivity index (χ0) is 16.6. The molecule has 2 aromatic heterocycles. The molecule has 3 rings (SSSR count). The highest BCUT2D eigenvalue weighted by Crippen LogP contribution is 2.36. The lowest BCUT2D eigenvalue weighted by molar-refractivity contribution is 0.0989. The summed E-state index contributed by atoms with van der Waals surface area (Å²) in [5.74, 6) is -1.03. The molecule has 0 unspecified atom stereocenters. The minimum Gasteiger partial charge on any atom is -0.493 e. The van der Waals surface area contributed by atoms with E-state index in [9.17, 15) is 14.7 Å². The van der Waals surface area contributed by atoms with E-state index < -0.39 is 11.5 Å². The molecule has 0 radical (unpaired) electrons. The molecular weight excluding hydrogens is 368 g/mol. The number of carbonyl (C=O) groups excluding carboxylic acids is 1. The number of benzene rings is 1. The van der Waals surface area contributed by atoms with Crippen molar-refractivity contribution in [2.24, 2.45) is 10.2 Å². The van der Waals surface area contributed by atoms with Gasteiger partial charge >= 0.3 is 5.91 Å². The molecule has 116 valence electrons. The number of hydrogen-bond donors (Lipinski definition) is 4. The number of H-pyrrole nitrogens is 2. The summed E-state index contributed by atoms with van der Waals surface area (Å²) < 4.78 is 0.779. The maximum absolute atomic E-state index is 11.9. The lowest BCUT2D eigenvalue weighted by atomic mass is 10.2. The third-order valence-corrected chi connectivity index (χ3v) is 3.50. The van der Waals surface area contributed by atoms with Gasteiger partial charge in [-0.3, -0.25) is 9.59 Å². The number of azo groups is 1. The van der Waals surface area contributed by atoms with Crippen LogP contribution in [0, 0.1) is 0 Å². The van der Waals surface area contributed by atoms with Crippen molar-refractivity contribution in [3.63, 3.8) is 0 Å². The number of aromatic hydroxyl groups is 1. The Morgan fingerprint density at radius 2 is 2.13 bits per heavy atom. The molecule has 5 N–H and O–H groups in total. The summed E-state index contributed by atoms with van der Waals surface area (Å²) in [6.07, 6.45) is 0. The summed E-state index contributed by atoms with van der Waals surface area (Å²) in [4.78, 5) is 25.7. The van der Waals surface area contributed by atoms with Crippen LogP contribution in [0.5, 0.6) is 5.88 Å². The largest absolute Gasteiger partial charge is 0.493 e. The predicted octanol–water partition coefficient (Wildman–Crippen LogP) is 2.23. The average Bonchev–Trinajstić information content (AvgIpc) is 2.82. The van der Waals surface area contributed by atoms with Crippen LogP contribution in [-0.2, 0) is 0 Å². The van der Waals surface area contributed by atoms with E-state index in [1.54, 1.807) is 18.2 Å². The summed E-state index contributed by atoms with van der Waals surface area (Å²) in [5.41, 5.74) is 5.25. The minimum absolute atomic E-state index is 0.118. The summed E-state index contributed by atoms with van der Waals surface area (Å²) in [5, 5.41) is 23.3. The molecule has 2 heterocycles. The Morgan fingerprint density at radius 1 is 1.35 bits per heavy atom. The number of nitrogens with two attached hydrogens (primary N) is 1. The second-order valence-corrected chi connectivity index (χ2v) is 5.47. The number of rotatable bonds is 2. The normalized spacial score (nSPS) is 11.3. The second kappa shape index (κ2) is 5.65. The second-order valence-electron chi connectivity index (χ2n) is 4.55. The summed E-state index contributed by atoms with van der Waals surface area (Å²) in [7, 11) is 0. The van der Waals surface area contributed by atoms with Crippen LogP contribution >= 0.6 is 15.9 Å². The van der Waals surface area contributed by atoms with Crippen molar-refractivity contribution < 1.29 is 9.90 Å². The summed E-state index contributed by atoms with van der Waals surface area (Å²) in [6, 6.07) is 6.36. The van der Waals surface area contributed by atoms with Crippen LogP contribution in [0.15, 0.2) is 43.8 Å². The van der Waals surface area contributed by atoms with Gasteiger partial charge in [0, 0.05) is 15.9 Å². The van der Waals surface area contributed by atoms with Crippen LogP contribution in [-0.4, -0.2) is 26.2 Å². The highest BCUT2D eigenvalue weighted by atomic mass is 79.9. The van der Waals surface area contributed by atoms with Crippen molar-refractivity contribution >= 4 is 44.1 Å². The van der Waals surface area contributed by atoms with Gasteiger partial charge < -0.3 is 15.8 Å². The molecule has 0 bridgehead atoms. The quantitative estimate of drug-likeness (QED) is 0.505. The summed E-state index contributed by atoms with van der Waals surface area (Å²) in [6.45, 7) is 0.